The standard InChI is InChI=1S/C14H24N2O4S/c1-2-15(9-12-4-3-6-20-12)14(19)16-5-7-21-10-11(16)8-13(17)18/h11-12H,2-10H2,1H3,(H,17,18). The van der Waals surface area contributed by atoms with Crippen LogP contribution in [0.5, 0.6) is 0 Å². The Bertz CT molecular complexity index is 374. The molecule has 2 aliphatic rings. The van der Waals surface area contributed by atoms with Gasteiger partial charge in [0.2, 0.25) is 0 Å². The summed E-state index contributed by atoms with van der Waals surface area (Å²) in [7, 11) is 0. The van der Waals surface area contributed by atoms with Crippen molar-refractivity contribution in [3.05, 3.63) is 0 Å². The fraction of sp³-hybridized carbons (Fsp3) is 0.857. The largest absolute Gasteiger partial charge is 0.481 e. The van der Waals surface area contributed by atoms with Gasteiger partial charge in [-0.15, -0.1) is 0 Å². The summed E-state index contributed by atoms with van der Waals surface area (Å²) in [5.41, 5.74) is 0. The summed E-state index contributed by atoms with van der Waals surface area (Å²) in [6.45, 7) is 4.60. The predicted molar refractivity (Wildman–Crippen MR) is 81.7 cm³/mol. The molecule has 0 saturated carbocycles. The van der Waals surface area contributed by atoms with Crippen LogP contribution in [-0.4, -0.2) is 76.8 Å². The number of aliphatic carboxylic acids is 1. The van der Waals surface area contributed by atoms with E-state index in [4.69, 9.17) is 9.84 Å². The van der Waals surface area contributed by atoms with Crippen LogP contribution in [0, 0.1) is 0 Å². The molecular formula is C14H24N2O4S. The van der Waals surface area contributed by atoms with Gasteiger partial charge in [-0.05, 0) is 19.8 Å². The number of carboxylic acid groups (broad SMARTS) is 1. The van der Waals surface area contributed by atoms with Gasteiger partial charge in [-0.3, -0.25) is 4.79 Å². The van der Waals surface area contributed by atoms with E-state index in [2.05, 4.69) is 0 Å². The van der Waals surface area contributed by atoms with Crippen LogP contribution in [-0.2, 0) is 9.53 Å². The van der Waals surface area contributed by atoms with E-state index in [0.29, 0.717) is 25.4 Å². The molecule has 7 heteroatoms. The van der Waals surface area contributed by atoms with Gasteiger partial charge in [0.15, 0.2) is 0 Å². The highest BCUT2D eigenvalue weighted by atomic mass is 32.2. The van der Waals surface area contributed by atoms with Crippen LogP contribution in [0.1, 0.15) is 26.2 Å². The van der Waals surface area contributed by atoms with Gasteiger partial charge in [0, 0.05) is 37.7 Å². The second-order valence-electron chi connectivity index (χ2n) is 5.48. The van der Waals surface area contributed by atoms with Gasteiger partial charge in [0.05, 0.1) is 18.6 Å². The summed E-state index contributed by atoms with van der Waals surface area (Å²) >= 11 is 1.72. The van der Waals surface area contributed by atoms with E-state index < -0.39 is 5.97 Å². The molecule has 21 heavy (non-hydrogen) atoms. The summed E-state index contributed by atoms with van der Waals surface area (Å²) in [6.07, 6.45) is 2.21. The Balaban J connectivity index is 1.97. The molecule has 2 heterocycles. The van der Waals surface area contributed by atoms with Crippen molar-refractivity contribution in [1.82, 2.24) is 9.80 Å². The molecule has 2 saturated heterocycles. The van der Waals surface area contributed by atoms with Crippen molar-refractivity contribution < 1.29 is 19.4 Å². The third-order valence-corrected chi connectivity index (χ3v) is 5.08. The first-order valence-electron chi connectivity index (χ1n) is 7.58. The molecule has 2 atom stereocenters. The smallest absolute Gasteiger partial charge is 0.320 e. The van der Waals surface area contributed by atoms with Gasteiger partial charge in [-0.1, -0.05) is 0 Å². The minimum absolute atomic E-state index is 0.0240. The van der Waals surface area contributed by atoms with Crippen molar-refractivity contribution in [2.75, 3.05) is 37.7 Å². The second-order valence-corrected chi connectivity index (χ2v) is 6.63. The molecule has 2 aliphatic heterocycles. The number of likely N-dealkylation sites (N-methyl/N-ethyl adjacent to an activating group) is 1. The number of carbonyl (C=O) groups excluding carboxylic acids is 1. The molecule has 0 radical (unpaired) electrons. The van der Waals surface area contributed by atoms with E-state index in [0.717, 1.165) is 25.2 Å². The summed E-state index contributed by atoms with van der Waals surface area (Å²) in [5.74, 6) is 0.733. The van der Waals surface area contributed by atoms with Crippen molar-refractivity contribution in [2.24, 2.45) is 0 Å². The molecule has 0 spiro atoms. The Morgan fingerprint density at radius 2 is 2.29 bits per heavy atom. The van der Waals surface area contributed by atoms with Gasteiger partial charge in [-0.2, -0.15) is 11.8 Å². The number of amides is 2. The maximum atomic E-state index is 12.7. The van der Waals surface area contributed by atoms with Crippen LogP contribution < -0.4 is 0 Å². The quantitative estimate of drug-likeness (QED) is 0.832. The highest BCUT2D eigenvalue weighted by Crippen LogP contribution is 2.21. The van der Waals surface area contributed by atoms with Crippen LogP contribution in [0.2, 0.25) is 0 Å². The molecule has 6 nitrogen and oxygen atoms in total. The Morgan fingerprint density at radius 1 is 1.48 bits per heavy atom. The zero-order valence-corrected chi connectivity index (χ0v) is 13.3. The van der Waals surface area contributed by atoms with Crippen LogP contribution >= 0.6 is 11.8 Å². The Hall–Kier alpha value is -0.950. The predicted octanol–water partition coefficient (Wildman–Crippen LogP) is 1.50. The molecule has 0 aromatic rings. The topological polar surface area (TPSA) is 70.1 Å². The van der Waals surface area contributed by atoms with Crippen LogP contribution in [0.15, 0.2) is 0 Å². The van der Waals surface area contributed by atoms with Crippen molar-refractivity contribution in [3.63, 3.8) is 0 Å². The van der Waals surface area contributed by atoms with Crippen molar-refractivity contribution in [3.8, 4) is 0 Å². The zero-order chi connectivity index (χ0) is 15.2. The Labute approximate surface area is 129 Å². The minimum atomic E-state index is -0.845. The van der Waals surface area contributed by atoms with Crippen molar-refractivity contribution in [2.45, 2.75) is 38.3 Å². The third-order valence-electron chi connectivity index (χ3n) is 3.98. The molecule has 1 N–H and O–H groups in total. The highest BCUT2D eigenvalue weighted by molar-refractivity contribution is 7.99. The monoisotopic (exact) mass is 316 g/mol. The lowest BCUT2D eigenvalue weighted by Gasteiger charge is -2.38. The third kappa shape index (κ3) is 4.51. The molecule has 0 aliphatic carbocycles. The first-order valence-corrected chi connectivity index (χ1v) is 8.74. The summed E-state index contributed by atoms with van der Waals surface area (Å²) < 4.78 is 5.60. The number of thioether (sulfide) groups is 1. The average Bonchev–Trinajstić information content (AvgIpc) is 2.97. The van der Waals surface area contributed by atoms with Crippen molar-refractivity contribution >= 4 is 23.8 Å². The summed E-state index contributed by atoms with van der Waals surface area (Å²) in [5, 5.41) is 9.01. The fourth-order valence-electron chi connectivity index (χ4n) is 2.84. The SMILES string of the molecule is CCN(CC1CCCO1)C(=O)N1CCSCC1CC(=O)O. The second kappa shape index (κ2) is 7.89. The molecule has 0 aromatic heterocycles. The Kier molecular flexibility index (Phi) is 6.17. The lowest BCUT2D eigenvalue weighted by Crippen LogP contribution is -2.53. The van der Waals surface area contributed by atoms with E-state index in [1.807, 2.05) is 6.92 Å². The van der Waals surface area contributed by atoms with E-state index in [1.165, 1.54) is 0 Å². The molecule has 2 rings (SSSR count). The number of urea groups is 1. The first-order chi connectivity index (χ1) is 10.1. The lowest BCUT2D eigenvalue weighted by molar-refractivity contribution is -0.138. The molecule has 120 valence electrons. The van der Waals surface area contributed by atoms with Crippen LogP contribution in [0.25, 0.3) is 0 Å². The lowest BCUT2D eigenvalue weighted by atomic mass is 10.2. The average molecular weight is 316 g/mol. The van der Waals surface area contributed by atoms with Crippen molar-refractivity contribution in [1.29, 1.82) is 0 Å². The van der Waals surface area contributed by atoms with E-state index >= 15 is 0 Å². The van der Waals surface area contributed by atoms with Gasteiger partial charge >= 0.3 is 12.0 Å². The van der Waals surface area contributed by atoms with Crippen LogP contribution in [0.3, 0.4) is 0 Å². The van der Waals surface area contributed by atoms with Gasteiger partial charge in [0.25, 0.3) is 0 Å². The molecular weight excluding hydrogens is 292 g/mol. The number of rotatable bonds is 5. The maximum absolute atomic E-state index is 12.7. The molecule has 0 aromatic carbocycles. The Morgan fingerprint density at radius 3 is 2.90 bits per heavy atom. The first kappa shape index (κ1) is 16.4. The normalized spacial score (nSPS) is 25.9. The van der Waals surface area contributed by atoms with Crippen LogP contribution in [0.4, 0.5) is 4.79 Å². The minimum Gasteiger partial charge on any atom is -0.481 e. The molecule has 2 fully saturated rings. The number of ether oxygens (including phenoxy) is 1. The van der Waals surface area contributed by atoms with E-state index in [9.17, 15) is 9.59 Å². The van der Waals surface area contributed by atoms with Gasteiger partial charge in [0.1, 0.15) is 0 Å². The summed E-state index contributed by atoms with van der Waals surface area (Å²) in [6, 6.07) is -0.244. The number of nitrogens with zero attached hydrogens (tertiary/aromatic N) is 2. The highest BCUT2D eigenvalue weighted by Gasteiger charge is 2.32. The number of carbonyl (C=O) groups is 2. The van der Waals surface area contributed by atoms with E-state index in [-0.39, 0.29) is 24.6 Å². The zero-order valence-electron chi connectivity index (χ0n) is 12.5. The number of carboxylic acids is 1. The maximum Gasteiger partial charge on any atom is 0.320 e. The fourth-order valence-corrected chi connectivity index (χ4v) is 3.90. The van der Waals surface area contributed by atoms with Gasteiger partial charge < -0.3 is 19.6 Å². The molecule has 0 bridgehead atoms. The van der Waals surface area contributed by atoms with Gasteiger partial charge in [-0.25, -0.2) is 4.79 Å². The van der Waals surface area contributed by atoms with E-state index in [1.54, 1.807) is 21.6 Å². The molecule has 2 unspecified atom stereocenters. The summed E-state index contributed by atoms with van der Waals surface area (Å²) in [4.78, 5) is 27.2. The number of hydrogen-bond acceptors (Lipinski definition) is 4. The molecule has 2 amide bonds. The number of hydrogen-bond donors (Lipinski definition) is 1.